The van der Waals surface area contributed by atoms with Crippen molar-refractivity contribution in [1.29, 1.82) is 0 Å². The molecular weight excluding hydrogens is 673 g/mol. The Labute approximate surface area is 329 Å². The second-order valence-electron chi connectivity index (χ2n) is 20.2. The molecule has 0 radical (unpaired) electrons. The molecule has 4 unspecified atom stereocenters. The van der Waals surface area contributed by atoms with Crippen LogP contribution in [0.2, 0.25) is 0 Å². The van der Waals surface area contributed by atoms with E-state index in [-0.39, 0.29) is 61.0 Å². The Morgan fingerprint density at radius 3 is 1.63 bits per heavy atom. The maximum Gasteiger partial charge on any atom is 0.308 e. The van der Waals surface area contributed by atoms with Crippen LogP contribution in [0.5, 0.6) is 0 Å². The lowest BCUT2D eigenvalue weighted by molar-refractivity contribution is -0.149. The third-order valence-electron chi connectivity index (χ3n) is 18.3. The smallest absolute Gasteiger partial charge is 0.308 e. The zero-order chi connectivity index (χ0) is 37.4. The summed E-state index contributed by atoms with van der Waals surface area (Å²) in [5.74, 6) is 5.22. The third-order valence-corrected chi connectivity index (χ3v) is 18.3. The number of hydrogen-bond donors (Lipinski definition) is 1. The number of ketones is 1. The molecule has 306 valence electrons. The first-order valence-electron chi connectivity index (χ1n) is 21.4. The van der Waals surface area contributed by atoms with Gasteiger partial charge in [-0.3, -0.25) is 14.4 Å². The summed E-state index contributed by atoms with van der Waals surface area (Å²) in [7, 11) is 3.03. The number of esters is 2. The van der Waals surface area contributed by atoms with Crippen LogP contribution < -0.4 is 0 Å². The summed E-state index contributed by atoms with van der Waals surface area (Å²) in [4.78, 5) is 36.4. The number of aliphatic hydroxyl groups is 1. The highest BCUT2D eigenvalue weighted by atomic mass is 16.5. The molecule has 8 aliphatic carbocycles. The van der Waals surface area contributed by atoms with Crippen LogP contribution in [0, 0.1) is 80.8 Å². The molecule has 0 aromatic carbocycles. The molecule has 15 atom stereocenters. The minimum absolute atomic E-state index is 0. The minimum Gasteiger partial charge on any atom is -0.469 e. The summed E-state index contributed by atoms with van der Waals surface area (Å²) < 4.78 is 10.1. The summed E-state index contributed by atoms with van der Waals surface area (Å²) in [5, 5.41) is 10.2. The second-order valence-corrected chi connectivity index (χ2v) is 20.2. The lowest BCUT2D eigenvalue weighted by atomic mass is 9.48. The van der Waals surface area contributed by atoms with Gasteiger partial charge in [-0.1, -0.05) is 79.7 Å². The topological polar surface area (TPSA) is 89.9 Å². The predicted octanol–water partition coefficient (Wildman–Crippen LogP) is 11.0. The summed E-state index contributed by atoms with van der Waals surface area (Å²) in [6, 6.07) is 0. The highest BCUT2D eigenvalue weighted by molar-refractivity contribution is 5.80. The Balaban J connectivity index is 0.000000200. The van der Waals surface area contributed by atoms with Crippen molar-refractivity contribution in [3.63, 3.8) is 0 Å². The molecule has 0 spiro atoms. The number of carbonyl (C=O) groups is 3. The Morgan fingerprint density at radius 1 is 0.685 bits per heavy atom. The average Bonchev–Trinajstić information content (AvgIpc) is 3.67. The Kier molecular flexibility index (Phi) is 12.6. The number of ether oxygens (including phenoxy) is 2. The molecule has 0 aromatic rings. The van der Waals surface area contributed by atoms with Crippen LogP contribution >= 0.6 is 0 Å². The van der Waals surface area contributed by atoms with Crippen molar-refractivity contribution in [3.8, 4) is 0 Å². The van der Waals surface area contributed by atoms with Crippen molar-refractivity contribution in [2.45, 2.75) is 165 Å². The van der Waals surface area contributed by atoms with Crippen LogP contribution in [0.15, 0.2) is 23.3 Å². The zero-order valence-electron chi connectivity index (χ0n) is 33.8. The normalized spacial score (nSPS) is 45.5. The number of allylic oxidation sites excluding steroid dienone is 4. The number of carbonyl (C=O) groups excluding carboxylic acids is 3. The Morgan fingerprint density at radius 2 is 1.15 bits per heavy atom. The first kappa shape index (κ1) is 43.2. The quantitative estimate of drug-likeness (QED) is 0.227. The molecule has 0 aromatic heterocycles. The summed E-state index contributed by atoms with van der Waals surface area (Å²) in [6.07, 6.45) is 22.7. The van der Waals surface area contributed by atoms with E-state index in [2.05, 4.69) is 53.7 Å². The first-order valence-corrected chi connectivity index (χ1v) is 21.4. The van der Waals surface area contributed by atoms with E-state index in [0.717, 1.165) is 64.2 Å². The molecule has 0 heterocycles. The van der Waals surface area contributed by atoms with Gasteiger partial charge in [0, 0.05) is 12.8 Å². The van der Waals surface area contributed by atoms with Crippen molar-refractivity contribution >= 4 is 17.7 Å². The van der Waals surface area contributed by atoms with Gasteiger partial charge in [-0.05, 0) is 159 Å². The van der Waals surface area contributed by atoms with E-state index in [9.17, 15) is 19.5 Å². The van der Waals surface area contributed by atoms with Gasteiger partial charge in [0.1, 0.15) is 5.78 Å². The molecule has 54 heavy (non-hydrogen) atoms. The molecule has 0 saturated heterocycles. The van der Waals surface area contributed by atoms with E-state index < -0.39 is 0 Å². The second kappa shape index (κ2) is 15.8. The highest BCUT2D eigenvalue weighted by Crippen LogP contribution is 2.68. The number of hydrogen-bond acceptors (Lipinski definition) is 6. The third kappa shape index (κ3) is 6.70. The molecule has 1 N–H and O–H groups in total. The largest absolute Gasteiger partial charge is 0.469 e. The van der Waals surface area contributed by atoms with E-state index in [1.807, 2.05) is 0 Å². The van der Waals surface area contributed by atoms with Crippen molar-refractivity contribution < 1.29 is 29.0 Å². The van der Waals surface area contributed by atoms with E-state index in [1.165, 1.54) is 52.7 Å². The zero-order valence-corrected chi connectivity index (χ0v) is 33.8. The fourth-order valence-corrected chi connectivity index (χ4v) is 15.2. The van der Waals surface area contributed by atoms with E-state index in [1.54, 1.807) is 11.1 Å². The average molecular weight is 751 g/mol. The molecule has 6 saturated carbocycles. The minimum atomic E-state index is -0.0872. The predicted molar refractivity (Wildman–Crippen MR) is 217 cm³/mol. The van der Waals surface area contributed by atoms with E-state index >= 15 is 0 Å². The fourth-order valence-electron chi connectivity index (χ4n) is 15.2. The lowest BCUT2D eigenvalue weighted by Crippen LogP contribution is -2.49. The van der Waals surface area contributed by atoms with E-state index in [4.69, 9.17) is 9.47 Å². The summed E-state index contributed by atoms with van der Waals surface area (Å²) >= 11 is 0. The van der Waals surface area contributed by atoms with Crippen LogP contribution in [-0.2, 0) is 23.9 Å². The van der Waals surface area contributed by atoms with Gasteiger partial charge in [-0.2, -0.15) is 0 Å². The van der Waals surface area contributed by atoms with Crippen molar-refractivity contribution in [2.75, 3.05) is 14.2 Å². The molecule has 8 rings (SSSR count). The number of rotatable bonds is 4. The fraction of sp³-hybridized carbons (Fsp3) is 0.854. The molecule has 0 amide bonds. The Bertz CT molecular complexity index is 1480. The molecule has 8 aliphatic rings. The highest BCUT2D eigenvalue weighted by Gasteiger charge is 2.60. The lowest BCUT2D eigenvalue weighted by Gasteiger charge is -2.57. The molecule has 6 nitrogen and oxygen atoms in total. The van der Waals surface area contributed by atoms with Crippen molar-refractivity contribution in [1.82, 2.24) is 0 Å². The van der Waals surface area contributed by atoms with Gasteiger partial charge in [0.25, 0.3) is 0 Å². The number of Topliss-reactive ketones (excluding diaryl/α,β-unsaturated/α-hetero) is 1. The maximum absolute atomic E-state index is 12.2. The molecule has 0 bridgehead atoms. The number of methoxy groups -OCH3 is 2. The van der Waals surface area contributed by atoms with Gasteiger partial charge in [0.15, 0.2) is 0 Å². The van der Waals surface area contributed by atoms with Gasteiger partial charge >= 0.3 is 11.9 Å². The van der Waals surface area contributed by atoms with Gasteiger partial charge < -0.3 is 14.6 Å². The SMILES string of the molecule is C.C.COC(=O)[C@@H](C)[C@H]1CCC2C3CC[C@@H]4CC(=O)CC[C@]4(C)C3=CC[C@@]21C.COC(=O)[C@@H](C)[C@H]1CCC2C3CC[C@@H]4C[C@H](O)CC[C@]4(C)C3=CC[C@@]21C. The number of aliphatic hydroxyl groups excluding tert-OH is 1. The van der Waals surface area contributed by atoms with Crippen LogP contribution in [0.4, 0.5) is 0 Å². The summed E-state index contributed by atoms with van der Waals surface area (Å²) in [6.45, 7) is 13.9. The van der Waals surface area contributed by atoms with Gasteiger partial charge in [-0.15, -0.1) is 0 Å². The molecule has 6 fully saturated rings. The number of fused-ring (bicyclic) bond motifs is 10. The van der Waals surface area contributed by atoms with Gasteiger partial charge in [-0.25, -0.2) is 0 Å². The molecule has 0 aliphatic heterocycles. The molecular formula is C48H78O6. The van der Waals surface area contributed by atoms with Gasteiger partial charge in [0.2, 0.25) is 0 Å². The van der Waals surface area contributed by atoms with Crippen LogP contribution in [0.25, 0.3) is 0 Å². The van der Waals surface area contributed by atoms with Gasteiger partial charge in [0.05, 0.1) is 32.2 Å². The first-order chi connectivity index (χ1) is 24.6. The molecule has 6 heteroatoms. The van der Waals surface area contributed by atoms with Crippen LogP contribution in [-0.4, -0.2) is 43.2 Å². The van der Waals surface area contributed by atoms with E-state index in [0.29, 0.717) is 58.5 Å². The summed E-state index contributed by atoms with van der Waals surface area (Å²) in [5.41, 5.74) is 4.39. The van der Waals surface area contributed by atoms with Crippen LogP contribution in [0.1, 0.15) is 159 Å². The van der Waals surface area contributed by atoms with Crippen molar-refractivity contribution in [2.24, 2.45) is 80.8 Å². The van der Waals surface area contributed by atoms with Crippen LogP contribution in [0.3, 0.4) is 0 Å². The standard InChI is InChI=1S/C23H36O3.C23H34O3.2CH4/c2*1-14(21(25)26-4)18-7-8-19-17-6-5-15-13-16(24)9-11-22(15,2)20(17)10-12-23(18,19)3;;/h10,14-19,24H,5-9,11-13H2,1-4H3;10,14-15,17-19H,5-9,11-13H2,1-4H3;2*1H4/t14-,15+,16+,17?,18+,19?,22-,23+;14-,15+,17?,18+,19?,22-,23+;;/m00../s1. The Hall–Kier alpha value is -1.95. The monoisotopic (exact) mass is 751 g/mol. The maximum atomic E-state index is 12.2. The van der Waals surface area contributed by atoms with Crippen molar-refractivity contribution in [3.05, 3.63) is 23.3 Å².